The van der Waals surface area contributed by atoms with Crippen molar-refractivity contribution in [2.45, 2.75) is 44.1 Å². The summed E-state index contributed by atoms with van der Waals surface area (Å²) in [6.45, 7) is 2.01. The quantitative estimate of drug-likeness (QED) is 0.571. The lowest BCUT2D eigenvalue weighted by molar-refractivity contribution is -0.128. The minimum absolute atomic E-state index is 0.502. The highest BCUT2D eigenvalue weighted by Gasteiger charge is 2.40. The van der Waals surface area contributed by atoms with Crippen LogP contribution in [0.15, 0.2) is 18.2 Å². The summed E-state index contributed by atoms with van der Waals surface area (Å²) in [7, 11) is 0. The molecule has 0 N–H and O–H groups in total. The summed E-state index contributed by atoms with van der Waals surface area (Å²) in [5.41, 5.74) is 3.43. The zero-order valence-electron chi connectivity index (χ0n) is 12.2. The van der Waals surface area contributed by atoms with Crippen LogP contribution in [0.1, 0.15) is 53.9 Å². The highest BCUT2D eigenvalue weighted by Crippen LogP contribution is 2.49. The van der Waals surface area contributed by atoms with Crippen molar-refractivity contribution in [2.75, 3.05) is 18.1 Å². The van der Waals surface area contributed by atoms with Crippen LogP contribution in [0.2, 0.25) is 0 Å². The van der Waals surface area contributed by atoms with Gasteiger partial charge in [-0.05, 0) is 49.4 Å². The Balaban J connectivity index is 1.72. The number of carbonyl (C=O) groups excluding carboxylic acids is 2. The number of hydrogen-bond donors (Lipinski definition) is 0. The van der Waals surface area contributed by atoms with Gasteiger partial charge >= 0.3 is 0 Å². The largest absolute Gasteiger partial charge is 0.468 e. The Labute approximate surface area is 125 Å². The summed E-state index contributed by atoms with van der Waals surface area (Å²) in [6.07, 6.45) is 6.58. The standard InChI is InChI=1S/C17H21NO3/c19-11-13-6-7-17-15(10-13)14-4-3-5-16(14)18(17)8-1-2-9-21-12-20/h6-7,10-12,14,16H,1-5,8-9H2. The van der Waals surface area contributed by atoms with E-state index >= 15 is 0 Å². The fraction of sp³-hybridized carbons (Fsp3) is 0.529. The molecule has 1 aliphatic heterocycles. The third-order valence-corrected chi connectivity index (χ3v) is 4.76. The summed E-state index contributed by atoms with van der Waals surface area (Å²) in [5, 5.41) is 0. The summed E-state index contributed by atoms with van der Waals surface area (Å²) in [5.74, 6) is 0.589. The average molecular weight is 287 g/mol. The molecule has 1 heterocycles. The van der Waals surface area contributed by atoms with Crippen LogP contribution in [0.3, 0.4) is 0 Å². The van der Waals surface area contributed by atoms with Gasteiger partial charge in [-0.25, -0.2) is 0 Å². The Morgan fingerprint density at radius 3 is 2.95 bits per heavy atom. The summed E-state index contributed by atoms with van der Waals surface area (Å²) in [4.78, 5) is 23.6. The molecule has 1 fully saturated rings. The molecule has 1 aliphatic carbocycles. The molecule has 0 radical (unpaired) electrons. The normalized spacial score (nSPS) is 22.8. The molecular formula is C17H21NO3. The van der Waals surface area contributed by atoms with E-state index in [-0.39, 0.29) is 0 Å². The molecule has 4 nitrogen and oxygen atoms in total. The predicted molar refractivity (Wildman–Crippen MR) is 80.8 cm³/mol. The maximum absolute atomic E-state index is 11.0. The summed E-state index contributed by atoms with van der Waals surface area (Å²) >= 11 is 0. The number of hydrogen-bond acceptors (Lipinski definition) is 4. The first-order valence-corrected chi connectivity index (χ1v) is 7.76. The van der Waals surface area contributed by atoms with E-state index in [9.17, 15) is 9.59 Å². The second-order valence-corrected chi connectivity index (χ2v) is 5.91. The van der Waals surface area contributed by atoms with Crippen molar-refractivity contribution in [1.82, 2.24) is 0 Å². The number of unbranched alkanes of at least 4 members (excludes halogenated alkanes) is 1. The third-order valence-electron chi connectivity index (χ3n) is 4.76. The highest BCUT2D eigenvalue weighted by molar-refractivity contribution is 5.78. The molecule has 2 unspecified atom stereocenters. The lowest BCUT2D eigenvalue weighted by Gasteiger charge is -2.27. The van der Waals surface area contributed by atoms with Crippen LogP contribution in [-0.2, 0) is 9.53 Å². The van der Waals surface area contributed by atoms with Crippen molar-refractivity contribution in [3.63, 3.8) is 0 Å². The van der Waals surface area contributed by atoms with Crippen molar-refractivity contribution in [3.05, 3.63) is 29.3 Å². The molecule has 0 spiro atoms. The first-order chi connectivity index (χ1) is 10.3. The molecule has 1 aromatic rings. The number of rotatable bonds is 7. The molecule has 0 amide bonds. The number of benzene rings is 1. The smallest absolute Gasteiger partial charge is 0.293 e. The summed E-state index contributed by atoms with van der Waals surface area (Å²) in [6, 6.07) is 6.67. The lowest BCUT2D eigenvalue weighted by Crippen LogP contribution is -2.32. The van der Waals surface area contributed by atoms with Crippen molar-refractivity contribution in [3.8, 4) is 0 Å². The minimum Gasteiger partial charge on any atom is -0.468 e. The van der Waals surface area contributed by atoms with E-state index in [1.54, 1.807) is 0 Å². The van der Waals surface area contributed by atoms with Crippen LogP contribution >= 0.6 is 0 Å². The lowest BCUT2D eigenvalue weighted by atomic mass is 9.96. The fourth-order valence-corrected chi connectivity index (χ4v) is 3.86. The van der Waals surface area contributed by atoms with E-state index in [0.717, 1.165) is 31.2 Å². The zero-order valence-corrected chi connectivity index (χ0v) is 12.2. The Hall–Kier alpha value is -1.84. The maximum atomic E-state index is 11.0. The van der Waals surface area contributed by atoms with Crippen LogP contribution < -0.4 is 4.90 Å². The van der Waals surface area contributed by atoms with Crippen LogP contribution in [0.5, 0.6) is 0 Å². The number of ether oxygens (including phenoxy) is 1. The SMILES string of the molecule is O=COCCCCN1c2ccc(C=O)cc2C2CCCC21. The molecule has 4 heteroatoms. The zero-order chi connectivity index (χ0) is 14.7. The molecule has 112 valence electrons. The van der Waals surface area contributed by atoms with Gasteiger partial charge in [0.05, 0.1) is 6.61 Å². The second kappa shape index (κ2) is 6.29. The first kappa shape index (κ1) is 14.1. The van der Waals surface area contributed by atoms with E-state index in [0.29, 0.717) is 25.0 Å². The Morgan fingerprint density at radius 1 is 1.24 bits per heavy atom. The summed E-state index contributed by atoms with van der Waals surface area (Å²) < 4.78 is 4.75. The molecule has 3 rings (SSSR count). The van der Waals surface area contributed by atoms with Crippen LogP contribution in [0.25, 0.3) is 0 Å². The Kier molecular flexibility index (Phi) is 4.23. The van der Waals surface area contributed by atoms with Crippen LogP contribution in [0.4, 0.5) is 5.69 Å². The van der Waals surface area contributed by atoms with Crippen molar-refractivity contribution >= 4 is 18.4 Å². The second-order valence-electron chi connectivity index (χ2n) is 5.91. The number of fused-ring (bicyclic) bond motifs is 3. The maximum Gasteiger partial charge on any atom is 0.293 e. The molecule has 1 aromatic carbocycles. The fourth-order valence-electron chi connectivity index (χ4n) is 3.86. The van der Waals surface area contributed by atoms with Crippen molar-refractivity contribution < 1.29 is 14.3 Å². The van der Waals surface area contributed by atoms with Gasteiger partial charge in [-0.1, -0.05) is 6.42 Å². The molecular weight excluding hydrogens is 266 g/mol. The molecule has 21 heavy (non-hydrogen) atoms. The highest BCUT2D eigenvalue weighted by atomic mass is 16.5. The molecule has 1 saturated carbocycles. The van der Waals surface area contributed by atoms with Gasteiger partial charge in [0, 0.05) is 29.8 Å². The van der Waals surface area contributed by atoms with Gasteiger partial charge in [-0.3, -0.25) is 9.59 Å². The minimum atomic E-state index is 0.502. The molecule has 2 atom stereocenters. The number of carbonyl (C=O) groups is 2. The van der Waals surface area contributed by atoms with Gasteiger partial charge < -0.3 is 9.64 Å². The predicted octanol–water partition coefficient (Wildman–Crippen LogP) is 2.91. The number of aldehydes is 1. The Bertz CT molecular complexity index is 529. The van der Waals surface area contributed by atoms with Gasteiger partial charge in [0.2, 0.25) is 0 Å². The van der Waals surface area contributed by atoms with E-state index in [1.807, 2.05) is 6.07 Å². The molecule has 2 aliphatic rings. The van der Waals surface area contributed by atoms with E-state index < -0.39 is 0 Å². The number of anilines is 1. The first-order valence-electron chi connectivity index (χ1n) is 7.76. The van der Waals surface area contributed by atoms with Gasteiger partial charge in [0.1, 0.15) is 6.29 Å². The van der Waals surface area contributed by atoms with Gasteiger partial charge in [-0.15, -0.1) is 0 Å². The number of nitrogens with zero attached hydrogens (tertiary/aromatic N) is 1. The molecule has 0 bridgehead atoms. The molecule has 0 aromatic heterocycles. The van der Waals surface area contributed by atoms with Gasteiger partial charge in [0.15, 0.2) is 0 Å². The Morgan fingerprint density at radius 2 is 2.14 bits per heavy atom. The topological polar surface area (TPSA) is 46.6 Å². The van der Waals surface area contributed by atoms with Crippen molar-refractivity contribution in [2.24, 2.45) is 0 Å². The van der Waals surface area contributed by atoms with Crippen LogP contribution in [-0.4, -0.2) is 32.0 Å². The van der Waals surface area contributed by atoms with Gasteiger partial charge in [-0.2, -0.15) is 0 Å². The average Bonchev–Trinajstić information content (AvgIpc) is 3.08. The van der Waals surface area contributed by atoms with Crippen LogP contribution in [0, 0.1) is 0 Å². The molecule has 0 saturated heterocycles. The van der Waals surface area contributed by atoms with E-state index in [4.69, 9.17) is 4.74 Å². The monoisotopic (exact) mass is 287 g/mol. The third kappa shape index (κ3) is 2.67. The van der Waals surface area contributed by atoms with E-state index in [1.165, 1.54) is 30.5 Å². The van der Waals surface area contributed by atoms with Crippen molar-refractivity contribution in [1.29, 1.82) is 0 Å². The van der Waals surface area contributed by atoms with E-state index in [2.05, 4.69) is 17.0 Å². The van der Waals surface area contributed by atoms with Gasteiger partial charge in [0.25, 0.3) is 6.47 Å².